The van der Waals surface area contributed by atoms with Crippen LogP contribution in [0.1, 0.15) is 37.9 Å². The number of aromatic nitrogens is 4. The Bertz CT molecular complexity index is 1180. The average Bonchev–Trinajstić information content (AvgIpc) is 3.54. The van der Waals surface area contributed by atoms with E-state index in [0.717, 1.165) is 5.13 Å². The highest BCUT2D eigenvalue weighted by molar-refractivity contribution is 7.13. The SMILES string of the molecule is CCO[C@H]1CN(c2nccs2)C[C@H]1Nc1nc(CC)c(-c2ccc(OC)nc2C(F)(F)F)nc1CC. The van der Waals surface area contributed by atoms with Crippen molar-refractivity contribution >= 4 is 22.3 Å². The zero-order chi connectivity index (χ0) is 25.9. The largest absolute Gasteiger partial charge is 0.481 e. The topological polar surface area (TPSA) is 85.3 Å². The van der Waals surface area contributed by atoms with Crippen LogP contribution in [0, 0.1) is 0 Å². The van der Waals surface area contributed by atoms with Gasteiger partial charge >= 0.3 is 6.18 Å². The summed E-state index contributed by atoms with van der Waals surface area (Å²) in [6, 6.07) is 2.66. The lowest BCUT2D eigenvalue weighted by molar-refractivity contribution is -0.140. The zero-order valence-electron chi connectivity index (χ0n) is 20.6. The maximum atomic E-state index is 13.9. The van der Waals surface area contributed by atoms with E-state index in [1.807, 2.05) is 26.2 Å². The monoisotopic (exact) mass is 522 g/mol. The Labute approximate surface area is 211 Å². The van der Waals surface area contributed by atoms with E-state index in [9.17, 15) is 13.2 Å². The number of thiazole rings is 1. The molecule has 4 rings (SSSR count). The molecule has 1 aliphatic rings. The average molecular weight is 523 g/mol. The summed E-state index contributed by atoms with van der Waals surface area (Å²) >= 11 is 1.56. The first-order chi connectivity index (χ1) is 17.3. The number of methoxy groups -OCH3 is 1. The molecule has 1 aliphatic heterocycles. The smallest absolute Gasteiger partial charge is 0.434 e. The molecule has 0 aromatic carbocycles. The van der Waals surface area contributed by atoms with Gasteiger partial charge in [-0.25, -0.2) is 19.9 Å². The highest BCUT2D eigenvalue weighted by Crippen LogP contribution is 2.38. The zero-order valence-corrected chi connectivity index (χ0v) is 21.4. The molecule has 8 nitrogen and oxygen atoms in total. The van der Waals surface area contributed by atoms with Crippen molar-refractivity contribution in [1.82, 2.24) is 19.9 Å². The number of halogens is 3. The molecule has 0 saturated carbocycles. The van der Waals surface area contributed by atoms with Gasteiger partial charge in [-0.15, -0.1) is 11.3 Å². The van der Waals surface area contributed by atoms with Crippen LogP contribution in [0.5, 0.6) is 5.88 Å². The van der Waals surface area contributed by atoms with E-state index >= 15 is 0 Å². The van der Waals surface area contributed by atoms with Gasteiger partial charge in [-0.05, 0) is 25.8 Å². The van der Waals surface area contributed by atoms with Gasteiger partial charge in [0.2, 0.25) is 5.88 Å². The van der Waals surface area contributed by atoms with E-state index in [-0.39, 0.29) is 29.3 Å². The van der Waals surface area contributed by atoms with Gasteiger partial charge in [-0.1, -0.05) is 13.8 Å². The van der Waals surface area contributed by atoms with E-state index in [1.165, 1.54) is 19.2 Å². The molecule has 1 N–H and O–H groups in total. The van der Waals surface area contributed by atoms with Crippen molar-refractivity contribution in [3.63, 3.8) is 0 Å². The Morgan fingerprint density at radius 2 is 1.86 bits per heavy atom. The minimum Gasteiger partial charge on any atom is -0.481 e. The van der Waals surface area contributed by atoms with E-state index in [0.29, 0.717) is 49.7 Å². The van der Waals surface area contributed by atoms with Crippen molar-refractivity contribution < 1.29 is 22.6 Å². The molecule has 0 bridgehead atoms. The lowest BCUT2D eigenvalue weighted by atomic mass is 10.0. The number of pyridine rings is 1. The molecular weight excluding hydrogens is 493 g/mol. The molecule has 3 aromatic rings. The van der Waals surface area contributed by atoms with E-state index < -0.39 is 11.9 Å². The number of hydrogen-bond acceptors (Lipinski definition) is 9. The minimum absolute atomic E-state index is 0.0857. The predicted molar refractivity (Wildman–Crippen MR) is 133 cm³/mol. The van der Waals surface area contributed by atoms with Crippen molar-refractivity contribution in [2.75, 3.05) is 37.0 Å². The Balaban J connectivity index is 1.71. The first-order valence-corrected chi connectivity index (χ1v) is 12.7. The van der Waals surface area contributed by atoms with Crippen LogP contribution in [0.2, 0.25) is 0 Å². The fourth-order valence-corrected chi connectivity index (χ4v) is 4.95. The molecule has 194 valence electrons. The first-order valence-electron chi connectivity index (χ1n) is 11.8. The summed E-state index contributed by atoms with van der Waals surface area (Å²) in [5, 5.41) is 6.33. The Hall–Kier alpha value is -2.99. The number of nitrogens with one attached hydrogen (secondary N) is 1. The van der Waals surface area contributed by atoms with Crippen LogP contribution in [-0.2, 0) is 23.8 Å². The molecule has 4 heterocycles. The van der Waals surface area contributed by atoms with Gasteiger partial charge in [-0.2, -0.15) is 13.2 Å². The second-order valence-electron chi connectivity index (χ2n) is 8.23. The predicted octanol–water partition coefficient (Wildman–Crippen LogP) is 4.85. The van der Waals surface area contributed by atoms with Crippen LogP contribution in [0.15, 0.2) is 23.7 Å². The van der Waals surface area contributed by atoms with Crippen molar-refractivity contribution in [2.45, 2.75) is 51.9 Å². The molecule has 2 atom stereocenters. The van der Waals surface area contributed by atoms with Crippen LogP contribution in [0.4, 0.5) is 24.1 Å². The normalized spacial score (nSPS) is 18.0. The van der Waals surface area contributed by atoms with Crippen LogP contribution in [-0.4, -0.2) is 58.9 Å². The summed E-state index contributed by atoms with van der Waals surface area (Å²) in [6.07, 6.45) is -2.12. The van der Waals surface area contributed by atoms with Gasteiger partial charge in [0.25, 0.3) is 0 Å². The number of ether oxygens (including phenoxy) is 2. The third-order valence-corrected chi connectivity index (χ3v) is 6.80. The van der Waals surface area contributed by atoms with Gasteiger partial charge < -0.3 is 19.7 Å². The molecule has 0 radical (unpaired) electrons. The second kappa shape index (κ2) is 11.0. The number of alkyl halides is 3. The van der Waals surface area contributed by atoms with Gasteiger partial charge in [0.15, 0.2) is 10.8 Å². The lowest BCUT2D eigenvalue weighted by Crippen LogP contribution is -2.35. The Kier molecular flexibility index (Phi) is 7.94. The van der Waals surface area contributed by atoms with Gasteiger partial charge in [0.1, 0.15) is 5.82 Å². The third kappa shape index (κ3) is 5.39. The number of rotatable bonds is 9. The number of aryl methyl sites for hydroxylation is 2. The van der Waals surface area contributed by atoms with Gasteiger partial charge in [0.05, 0.1) is 36.3 Å². The van der Waals surface area contributed by atoms with Crippen LogP contribution < -0.4 is 15.0 Å². The molecule has 0 amide bonds. The molecule has 12 heteroatoms. The molecule has 1 fully saturated rings. The molecule has 0 spiro atoms. The highest BCUT2D eigenvalue weighted by atomic mass is 32.1. The van der Waals surface area contributed by atoms with Crippen molar-refractivity contribution in [1.29, 1.82) is 0 Å². The molecule has 36 heavy (non-hydrogen) atoms. The summed E-state index contributed by atoms with van der Waals surface area (Å²) in [4.78, 5) is 19.7. The summed E-state index contributed by atoms with van der Waals surface area (Å²) in [6.45, 7) is 7.59. The molecular formula is C24H29F3N6O2S. The summed E-state index contributed by atoms with van der Waals surface area (Å²) < 4.78 is 52.6. The van der Waals surface area contributed by atoms with E-state index in [1.54, 1.807) is 17.5 Å². The third-order valence-electron chi connectivity index (χ3n) is 5.97. The lowest BCUT2D eigenvalue weighted by Gasteiger charge is -2.22. The van der Waals surface area contributed by atoms with E-state index in [2.05, 4.69) is 25.2 Å². The molecule has 0 unspecified atom stereocenters. The maximum absolute atomic E-state index is 13.9. The van der Waals surface area contributed by atoms with Crippen molar-refractivity contribution in [3.8, 4) is 17.1 Å². The number of nitrogens with zero attached hydrogens (tertiary/aromatic N) is 5. The molecule has 3 aromatic heterocycles. The Morgan fingerprint density at radius 1 is 1.08 bits per heavy atom. The highest BCUT2D eigenvalue weighted by Gasteiger charge is 2.38. The quantitative estimate of drug-likeness (QED) is 0.427. The molecule has 0 aliphatic carbocycles. The maximum Gasteiger partial charge on any atom is 0.434 e. The standard InChI is InChI=1S/C24H29F3N6O2S/c1-5-15-20(14-8-9-19(34-4)32-21(14)24(25,26)27)29-16(6-2)22(30-15)31-17-12-33(13-18(17)35-7-3)23-28-10-11-36-23/h8-11,17-18H,5-7,12-13H2,1-4H3,(H,30,31)/t17-,18+/m1/s1. The summed E-state index contributed by atoms with van der Waals surface area (Å²) in [7, 11) is 1.28. The Morgan fingerprint density at radius 3 is 2.47 bits per heavy atom. The molecule has 1 saturated heterocycles. The van der Waals surface area contributed by atoms with Crippen LogP contribution in [0.25, 0.3) is 11.3 Å². The second-order valence-corrected chi connectivity index (χ2v) is 9.11. The van der Waals surface area contributed by atoms with Crippen molar-refractivity contribution in [3.05, 3.63) is 40.8 Å². The van der Waals surface area contributed by atoms with Gasteiger partial charge in [0, 0.05) is 42.9 Å². The summed E-state index contributed by atoms with van der Waals surface area (Å²) in [5.74, 6) is 0.447. The first kappa shape index (κ1) is 26.1. The fourth-order valence-electron chi connectivity index (χ4n) is 4.29. The van der Waals surface area contributed by atoms with Gasteiger partial charge in [-0.3, -0.25) is 0 Å². The number of anilines is 2. The minimum atomic E-state index is -4.67. The van der Waals surface area contributed by atoms with Crippen molar-refractivity contribution in [2.24, 2.45) is 0 Å². The van der Waals surface area contributed by atoms with Crippen LogP contribution >= 0.6 is 11.3 Å². The van der Waals surface area contributed by atoms with Crippen LogP contribution in [0.3, 0.4) is 0 Å². The fraction of sp³-hybridized carbons (Fsp3) is 0.500. The number of hydrogen-bond donors (Lipinski definition) is 1. The summed E-state index contributed by atoms with van der Waals surface area (Å²) in [5.41, 5.74) is 0.0559. The van der Waals surface area contributed by atoms with E-state index in [4.69, 9.17) is 14.5 Å².